The maximum Gasteiger partial charge on any atom is 0.285 e. The minimum Gasteiger partial charge on any atom is -0.365 e. The first-order valence-electron chi connectivity index (χ1n) is 3.26. The number of hydrogen-bond acceptors (Lipinski definition) is 3. The summed E-state index contributed by atoms with van der Waals surface area (Å²) in [6.07, 6.45) is 0. The predicted octanol–water partition coefficient (Wildman–Crippen LogP) is 0.833. The summed E-state index contributed by atoms with van der Waals surface area (Å²) in [5.41, 5.74) is 3.46. The van der Waals surface area contributed by atoms with Crippen molar-refractivity contribution in [2.75, 3.05) is 0 Å². The second-order valence-corrected chi connectivity index (χ2v) is 2.26. The van der Waals surface area contributed by atoms with E-state index in [1.807, 2.05) is 0 Å². The molecule has 68 valence electrons. The molecule has 0 aliphatic heterocycles. The van der Waals surface area contributed by atoms with Crippen LogP contribution in [0.3, 0.4) is 0 Å². The van der Waals surface area contributed by atoms with E-state index in [4.69, 9.17) is 5.73 Å². The molecule has 0 aliphatic carbocycles. The van der Waals surface area contributed by atoms with Crippen LogP contribution in [0.15, 0.2) is 18.2 Å². The van der Waals surface area contributed by atoms with Crippen molar-refractivity contribution in [2.24, 2.45) is 5.73 Å². The molecule has 2 N–H and O–H groups in total. The molecule has 0 atom stereocenters. The first-order valence-corrected chi connectivity index (χ1v) is 3.26. The van der Waals surface area contributed by atoms with Gasteiger partial charge in [-0.3, -0.25) is 14.9 Å². The van der Waals surface area contributed by atoms with Gasteiger partial charge < -0.3 is 5.73 Å². The number of rotatable bonds is 2. The molecule has 0 saturated carbocycles. The van der Waals surface area contributed by atoms with E-state index < -0.39 is 27.9 Å². The van der Waals surface area contributed by atoms with Gasteiger partial charge in [0, 0.05) is 6.07 Å². The Bertz CT molecular complexity index is 378. The van der Waals surface area contributed by atoms with Crippen molar-refractivity contribution in [3.63, 3.8) is 0 Å². The Labute approximate surface area is 72.1 Å². The maximum absolute atomic E-state index is 12.9. The molecule has 0 radical (unpaired) electrons. The fraction of sp³-hybridized carbons (Fsp3) is 0. The highest BCUT2D eigenvalue weighted by Crippen LogP contribution is 2.20. The molecular formula is C7H5FN2O3. The van der Waals surface area contributed by atoms with Crippen LogP contribution in [0, 0.1) is 15.9 Å². The highest BCUT2D eigenvalue weighted by Gasteiger charge is 2.21. The number of benzene rings is 1. The molecule has 1 rings (SSSR count). The number of nitro benzene ring substituents is 1. The van der Waals surface area contributed by atoms with Crippen LogP contribution < -0.4 is 5.73 Å². The Hall–Kier alpha value is -1.98. The van der Waals surface area contributed by atoms with Crippen LogP contribution in [0.2, 0.25) is 0 Å². The number of nitro groups is 1. The van der Waals surface area contributed by atoms with Crippen LogP contribution in [0.5, 0.6) is 0 Å². The van der Waals surface area contributed by atoms with E-state index in [1.54, 1.807) is 0 Å². The summed E-state index contributed by atoms with van der Waals surface area (Å²) in [4.78, 5) is 20.1. The normalized spacial score (nSPS) is 9.62. The Morgan fingerprint density at radius 3 is 2.54 bits per heavy atom. The summed E-state index contributed by atoms with van der Waals surface area (Å²) in [7, 11) is 0. The van der Waals surface area contributed by atoms with Crippen molar-refractivity contribution in [2.45, 2.75) is 0 Å². The van der Waals surface area contributed by atoms with E-state index in [0.717, 1.165) is 18.2 Å². The third kappa shape index (κ3) is 1.61. The van der Waals surface area contributed by atoms with Crippen LogP contribution in [0.1, 0.15) is 10.4 Å². The SMILES string of the molecule is NC(=O)c1c(F)cccc1[N+](=O)[O-]. The molecule has 0 unspecified atom stereocenters. The van der Waals surface area contributed by atoms with E-state index in [2.05, 4.69) is 0 Å². The second-order valence-electron chi connectivity index (χ2n) is 2.26. The summed E-state index contributed by atoms with van der Waals surface area (Å²) in [6.45, 7) is 0. The number of halogens is 1. The lowest BCUT2D eigenvalue weighted by Gasteiger charge is -1.98. The van der Waals surface area contributed by atoms with Gasteiger partial charge in [-0.2, -0.15) is 0 Å². The van der Waals surface area contributed by atoms with Crippen LogP contribution in [0.4, 0.5) is 10.1 Å². The van der Waals surface area contributed by atoms with Gasteiger partial charge in [0.2, 0.25) is 0 Å². The number of carbonyl (C=O) groups excluding carboxylic acids is 1. The van der Waals surface area contributed by atoms with Crippen molar-refractivity contribution in [1.29, 1.82) is 0 Å². The quantitative estimate of drug-likeness (QED) is 0.545. The van der Waals surface area contributed by atoms with Crippen LogP contribution in [0.25, 0.3) is 0 Å². The number of amides is 1. The average Bonchev–Trinajstić information content (AvgIpc) is 2.02. The third-order valence-electron chi connectivity index (χ3n) is 1.43. The van der Waals surface area contributed by atoms with E-state index in [0.29, 0.717) is 0 Å². The summed E-state index contributed by atoms with van der Waals surface area (Å²) >= 11 is 0. The van der Waals surface area contributed by atoms with Crippen molar-refractivity contribution < 1.29 is 14.1 Å². The van der Waals surface area contributed by atoms with Crippen molar-refractivity contribution in [1.82, 2.24) is 0 Å². The number of nitrogens with two attached hydrogens (primary N) is 1. The van der Waals surface area contributed by atoms with Gasteiger partial charge in [-0.25, -0.2) is 4.39 Å². The Balaban J connectivity index is 3.43. The fourth-order valence-electron chi connectivity index (χ4n) is 0.909. The fourth-order valence-corrected chi connectivity index (χ4v) is 0.909. The second kappa shape index (κ2) is 3.18. The monoisotopic (exact) mass is 184 g/mol. The van der Waals surface area contributed by atoms with Crippen LogP contribution in [-0.2, 0) is 0 Å². The number of nitrogens with zero attached hydrogens (tertiary/aromatic N) is 1. The molecule has 0 aromatic heterocycles. The Morgan fingerprint density at radius 1 is 1.54 bits per heavy atom. The lowest BCUT2D eigenvalue weighted by atomic mass is 10.1. The van der Waals surface area contributed by atoms with Crippen molar-refractivity contribution >= 4 is 11.6 Å². The third-order valence-corrected chi connectivity index (χ3v) is 1.43. The zero-order valence-corrected chi connectivity index (χ0v) is 6.36. The summed E-state index contributed by atoms with van der Waals surface area (Å²) in [5.74, 6) is -2.13. The molecule has 0 spiro atoms. The number of carbonyl (C=O) groups is 1. The lowest BCUT2D eigenvalue weighted by Crippen LogP contribution is -2.15. The van der Waals surface area contributed by atoms with Gasteiger partial charge in [-0.05, 0) is 6.07 Å². The van der Waals surface area contributed by atoms with Gasteiger partial charge in [-0.1, -0.05) is 6.07 Å². The van der Waals surface area contributed by atoms with Crippen LogP contribution >= 0.6 is 0 Å². The standard InChI is InChI=1S/C7H5FN2O3/c8-4-2-1-3-5(10(12)13)6(4)7(9)11/h1-3H,(H2,9,11). The Kier molecular flexibility index (Phi) is 2.23. The van der Waals surface area contributed by atoms with Crippen molar-refractivity contribution in [3.8, 4) is 0 Å². The first-order chi connectivity index (χ1) is 6.04. The number of primary amides is 1. The molecule has 5 nitrogen and oxygen atoms in total. The molecule has 0 heterocycles. The van der Waals surface area contributed by atoms with Gasteiger partial charge >= 0.3 is 0 Å². The minimum atomic E-state index is -1.15. The maximum atomic E-state index is 12.9. The summed E-state index contributed by atoms with van der Waals surface area (Å²) in [6, 6.07) is 3.09. The van der Waals surface area contributed by atoms with E-state index in [1.165, 1.54) is 0 Å². The van der Waals surface area contributed by atoms with Gasteiger partial charge in [-0.15, -0.1) is 0 Å². The van der Waals surface area contributed by atoms with Gasteiger partial charge in [0.05, 0.1) is 4.92 Å². The molecule has 1 aromatic rings. The van der Waals surface area contributed by atoms with Gasteiger partial charge in [0.15, 0.2) is 5.56 Å². The molecule has 0 aliphatic rings. The van der Waals surface area contributed by atoms with Gasteiger partial charge in [0.25, 0.3) is 11.6 Å². The summed E-state index contributed by atoms with van der Waals surface area (Å²) < 4.78 is 12.9. The molecule has 0 saturated heterocycles. The molecule has 1 amide bonds. The highest BCUT2D eigenvalue weighted by atomic mass is 19.1. The number of hydrogen-bond donors (Lipinski definition) is 1. The van der Waals surface area contributed by atoms with E-state index in [-0.39, 0.29) is 0 Å². The molecule has 0 bridgehead atoms. The molecule has 1 aromatic carbocycles. The topological polar surface area (TPSA) is 86.2 Å². The largest absolute Gasteiger partial charge is 0.365 e. The molecule has 13 heavy (non-hydrogen) atoms. The summed E-state index contributed by atoms with van der Waals surface area (Å²) in [5, 5.41) is 10.3. The zero-order chi connectivity index (χ0) is 10.0. The average molecular weight is 184 g/mol. The van der Waals surface area contributed by atoms with E-state index in [9.17, 15) is 19.3 Å². The Morgan fingerprint density at radius 2 is 2.15 bits per heavy atom. The zero-order valence-electron chi connectivity index (χ0n) is 6.36. The smallest absolute Gasteiger partial charge is 0.285 e. The minimum absolute atomic E-state index is 0.618. The molecular weight excluding hydrogens is 179 g/mol. The van der Waals surface area contributed by atoms with E-state index >= 15 is 0 Å². The molecule has 6 heteroatoms. The van der Waals surface area contributed by atoms with Crippen molar-refractivity contribution in [3.05, 3.63) is 39.7 Å². The lowest BCUT2D eigenvalue weighted by molar-refractivity contribution is -0.385. The first kappa shape index (κ1) is 9.11. The highest BCUT2D eigenvalue weighted by molar-refractivity contribution is 5.97. The van der Waals surface area contributed by atoms with Gasteiger partial charge in [0.1, 0.15) is 5.82 Å². The predicted molar refractivity (Wildman–Crippen MR) is 41.6 cm³/mol. The molecule has 0 fully saturated rings. The van der Waals surface area contributed by atoms with Crippen LogP contribution in [-0.4, -0.2) is 10.8 Å².